The number of guanidine groups is 1. The third-order valence-corrected chi connectivity index (χ3v) is 11.6. The number of aliphatic imine (C=N–C) groups is 1. The van der Waals surface area contributed by atoms with Crippen LogP contribution in [-0.4, -0.2) is 119 Å². The fourth-order valence-corrected chi connectivity index (χ4v) is 8.29. The van der Waals surface area contributed by atoms with Gasteiger partial charge in [0.15, 0.2) is 5.96 Å². The lowest BCUT2D eigenvalue weighted by Crippen LogP contribution is -2.58. The van der Waals surface area contributed by atoms with Gasteiger partial charge in [0.1, 0.15) is 36.3 Å². The number of hydrogen-bond acceptors (Lipinski definition) is 11. The Labute approximate surface area is 369 Å². The minimum Gasteiger partial charge on any atom is -0.394 e. The summed E-state index contributed by atoms with van der Waals surface area (Å²) in [7, 11) is 0. The molecular formula is C42H69N11O8S. The van der Waals surface area contributed by atoms with Crippen molar-refractivity contribution in [2.24, 2.45) is 34.0 Å². The molecule has 13 N–H and O–H groups in total. The minimum atomic E-state index is -1.33. The number of carbonyl (C=O) groups excluding carboxylic acids is 7. The van der Waals surface area contributed by atoms with Gasteiger partial charge in [-0.05, 0) is 74.0 Å². The number of aliphatic hydroxyl groups excluding tert-OH is 1. The van der Waals surface area contributed by atoms with Gasteiger partial charge >= 0.3 is 0 Å². The largest absolute Gasteiger partial charge is 0.394 e. The molecule has 1 saturated carbocycles. The predicted octanol–water partition coefficient (Wildman–Crippen LogP) is -0.250. The highest BCUT2D eigenvalue weighted by molar-refractivity contribution is 7.98. The van der Waals surface area contributed by atoms with Crippen LogP contribution in [0.2, 0.25) is 0 Å². The fourth-order valence-electron chi connectivity index (χ4n) is 7.82. The Kier molecular flexibility index (Phi) is 21.4. The van der Waals surface area contributed by atoms with Gasteiger partial charge in [0.2, 0.25) is 41.4 Å². The van der Waals surface area contributed by atoms with Crippen molar-refractivity contribution in [3.63, 3.8) is 0 Å². The molecule has 1 fully saturated rings. The van der Waals surface area contributed by atoms with Crippen LogP contribution in [0.3, 0.4) is 0 Å². The molecule has 1 aromatic carbocycles. The molecule has 2 aliphatic rings. The monoisotopic (exact) mass is 888 g/mol. The Morgan fingerprint density at radius 1 is 0.823 bits per heavy atom. The molecular weight excluding hydrogens is 819 g/mol. The van der Waals surface area contributed by atoms with Crippen LogP contribution in [-0.2, 0) is 40.1 Å². The third kappa shape index (κ3) is 16.4. The maximum atomic E-state index is 14.7. The maximum Gasteiger partial charge on any atom is 0.248 e. The number of thioether (sulfide) groups is 1. The molecule has 0 radical (unpaired) electrons. The molecule has 19 nitrogen and oxygen atoms in total. The van der Waals surface area contributed by atoms with Gasteiger partial charge in [0.25, 0.3) is 0 Å². The average molecular weight is 888 g/mol. The second-order valence-corrected chi connectivity index (χ2v) is 17.6. The van der Waals surface area contributed by atoms with E-state index in [2.05, 4.69) is 36.9 Å². The summed E-state index contributed by atoms with van der Waals surface area (Å²) in [5.41, 5.74) is 18.3. The molecule has 1 heterocycles. The van der Waals surface area contributed by atoms with Crippen molar-refractivity contribution in [2.45, 2.75) is 141 Å². The molecule has 7 atom stereocenters. The van der Waals surface area contributed by atoms with Crippen LogP contribution in [0.4, 0.5) is 0 Å². The second kappa shape index (κ2) is 25.9. The zero-order chi connectivity index (χ0) is 45.9. The first-order chi connectivity index (χ1) is 29.4. The molecule has 0 aromatic heterocycles. The lowest BCUT2D eigenvalue weighted by atomic mass is 9.84. The predicted molar refractivity (Wildman–Crippen MR) is 237 cm³/mol. The molecule has 1 aliphatic heterocycles. The van der Waals surface area contributed by atoms with E-state index >= 15 is 0 Å². The zero-order valence-corrected chi connectivity index (χ0v) is 37.6. The molecule has 0 spiro atoms. The van der Waals surface area contributed by atoms with E-state index < -0.39 is 84.5 Å². The number of hydrogen-bond donors (Lipinski definition) is 10. The Bertz CT molecular complexity index is 1720. The van der Waals surface area contributed by atoms with Crippen molar-refractivity contribution in [1.29, 1.82) is 0 Å². The highest BCUT2D eigenvalue weighted by atomic mass is 32.2. The normalized spacial score (nSPS) is 17.9. The number of carbonyl (C=O) groups is 7. The number of amides is 7. The standard InChI is InChI=1S/C42H69N11O8S/c1-24(2)20-34(43)52-39(59)33(23-54)51-36(56)25(3)47-37(57)30(17-19-62-5)49-40(60)35-29-15-10-9-14-28(29)22-53(35)41(61)31(16-11-18-46-42(44)45)50-38(58)32(48-26(4)55)21-27-12-7-6-8-13-27/h9-10,14-15,24-25,27,30-35,54H,6-8,11-13,16-23,43H2,1-5H3,(H,47,57)(H,48,55)(H,49,60)(H,50,58)(H,51,56)(H,52,59)(H4,44,45,46)/t25-,30-,31-,32-,33-,34-,35-/m0/s1. The van der Waals surface area contributed by atoms with E-state index in [9.17, 15) is 38.7 Å². The van der Waals surface area contributed by atoms with Crippen LogP contribution in [0, 0.1) is 11.8 Å². The van der Waals surface area contributed by atoms with E-state index in [0.717, 1.165) is 32.1 Å². The Balaban J connectivity index is 1.84. The molecule has 0 bridgehead atoms. The minimum absolute atomic E-state index is 0.0332. The number of fused-ring (bicyclic) bond motifs is 1. The molecule has 20 heteroatoms. The first-order valence-electron chi connectivity index (χ1n) is 21.5. The smallest absolute Gasteiger partial charge is 0.248 e. The summed E-state index contributed by atoms with van der Waals surface area (Å²) in [6, 6.07) is 0.183. The van der Waals surface area contributed by atoms with Gasteiger partial charge in [-0.3, -0.25) is 38.6 Å². The Morgan fingerprint density at radius 3 is 2.10 bits per heavy atom. The van der Waals surface area contributed by atoms with E-state index in [1.165, 1.54) is 30.5 Å². The van der Waals surface area contributed by atoms with Crippen LogP contribution in [0.1, 0.15) is 109 Å². The molecule has 3 rings (SSSR count). The van der Waals surface area contributed by atoms with Gasteiger partial charge in [-0.1, -0.05) is 70.2 Å². The van der Waals surface area contributed by atoms with E-state index in [4.69, 9.17) is 17.2 Å². The fraction of sp³-hybridized carbons (Fsp3) is 0.667. The molecule has 346 valence electrons. The number of benzene rings is 1. The maximum absolute atomic E-state index is 14.7. The van der Waals surface area contributed by atoms with Crippen LogP contribution in [0.25, 0.3) is 0 Å². The highest BCUT2D eigenvalue weighted by Crippen LogP contribution is 2.35. The lowest BCUT2D eigenvalue weighted by molar-refractivity contribution is -0.144. The van der Waals surface area contributed by atoms with E-state index in [-0.39, 0.29) is 49.6 Å². The van der Waals surface area contributed by atoms with Gasteiger partial charge in [0, 0.05) is 20.0 Å². The molecule has 1 aliphatic carbocycles. The van der Waals surface area contributed by atoms with Crippen molar-refractivity contribution >= 4 is 59.1 Å². The van der Waals surface area contributed by atoms with Gasteiger partial charge in [-0.25, -0.2) is 0 Å². The number of aliphatic hydroxyl groups is 1. The summed E-state index contributed by atoms with van der Waals surface area (Å²) in [6.45, 7) is 6.10. The zero-order valence-electron chi connectivity index (χ0n) is 36.7. The van der Waals surface area contributed by atoms with Crippen molar-refractivity contribution in [3.8, 4) is 0 Å². The summed E-state index contributed by atoms with van der Waals surface area (Å²) < 4.78 is 0. The van der Waals surface area contributed by atoms with Gasteiger partial charge in [-0.15, -0.1) is 0 Å². The van der Waals surface area contributed by atoms with Gasteiger partial charge < -0.3 is 59.1 Å². The van der Waals surface area contributed by atoms with Crippen LogP contribution < -0.4 is 49.1 Å². The first kappa shape index (κ1) is 51.4. The Hall–Kier alpha value is -4.95. The second-order valence-electron chi connectivity index (χ2n) is 16.6. The topological polar surface area (TPSA) is 306 Å². The summed E-state index contributed by atoms with van der Waals surface area (Å²) in [4.78, 5) is 100. The molecule has 0 saturated heterocycles. The van der Waals surface area contributed by atoms with Gasteiger partial charge in [-0.2, -0.15) is 11.8 Å². The van der Waals surface area contributed by atoms with Crippen molar-refractivity contribution < 1.29 is 38.7 Å². The third-order valence-electron chi connectivity index (χ3n) is 10.9. The molecule has 1 aromatic rings. The van der Waals surface area contributed by atoms with Crippen LogP contribution >= 0.6 is 11.8 Å². The summed E-state index contributed by atoms with van der Waals surface area (Å²) in [5, 5.41) is 25.9. The lowest BCUT2D eigenvalue weighted by Gasteiger charge is -2.32. The van der Waals surface area contributed by atoms with Crippen molar-refractivity contribution in [1.82, 2.24) is 36.8 Å². The van der Waals surface area contributed by atoms with Crippen molar-refractivity contribution in [2.75, 3.05) is 25.2 Å². The molecule has 62 heavy (non-hydrogen) atoms. The summed E-state index contributed by atoms with van der Waals surface area (Å²) >= 11 is 1.44. The highest BCUT2D eigenvalue weighted by Gasteiger charge is 2.42. The summed E-state index contributed by atoms with van der Waals surface area (Å²) in [5.74, 6) is -3.48. The van der Waals surface area contributed by atoms with E-state index in [0.29, 0.717) is 36.1 Å². The van der Waals surface area contributed by atoms with Crippen molar-refractivity contribution in [3.05, 3.63) is 35.4 Å². The SMILES string of the molecule is CSCC[C@H](NC(=O)[C@@H]1c2ccccc2CN1C(=O)[C@H](CCCN=C(N)N)NC(=O)[C@H](CC1CCCCC1)NC(C)=O)C(=O)N[C@@H](C)C(=O)N[C@@H](CO)C(=O)N[C@H](N)CC(C)C. The van der Waals surface area contributed by atoms with E-state index in [1.54, 1.807) is 24.3 Å². The van der Waals surface area contributed by atoms with Crippen LogP contribution in [0.15, 0.2) is 29.3 Å². The van der Waals surface area contributed by atoms with Crippen LogP contribution in [0.5, 0.6) is 0 Å². The summed E-state index contributed by atoms with van der Waals surface area (Å²) in [6.07, 6.45) is 7.69. The van der Waals surface area contributed by atoms with Gasteiger partial charge in [0.05, 0.1) is 12.8 Å². The number of rotatable bonds is 24. The molecule has 7 amide bonds. The first-order valence-corrected chi connectivity index (χ1v) is 22.9. The number of nitrogens with one attached hydrogen (secondary N) is 6. The Morgan fingerprint density at radius 2 is 1.47 bits per heavy atom. The number of nitrogens with two attached hydrogens (primary N) is 3. The number of nitrogens with zero attached hydrogens (tertiary/aromatic N) is 2. The quantitative estimate of drug-likeness (QED) is 0.0278. The molecule has 0 unspecified atom stereocenters. The average Bonchev–Trinajstić information content (AvgIpc) is 3.61. The van der Waals surface area contributed by atoms with E-state index in [1.807, 2.05) is 20.1 Å².